The lowest BCUT2D eigenvalue weighted by atomic mass is 10.1. The quantitative estimate of drug-likeness (QED) is 0.279. The Balaban J connectivity index is 2.23. The fourth-order valence-corrected chi connectivity index (χ4v) is 3.59. The third-order valence-electron chi connectivity index (χ3n) is 4.06. The van der Waals surface area contributed by atoms with Crippen LogP contribution in [0.15, 0.2) is 60.8 Å². The second-order valence-corrected chi connectivity index (χ2v) is 6.57. The zero-order valence-corrected chi connectivity index (χ0v) is 13.7. The molecule has 0 amide bonds. The van der Waals surface area contributed by atoms with Crippen LogP contribution in [0.4, 0.5) is 0 Å². The molecule has 3 heterocycles. The molecule has 0 radical (unpaired) electrons. The number of fused-ring (bicyclic) bond motifs is 8. The predicted octanol–water partition coefficient (Wildman–Crippen LogP) is 4.79. The Bertz CT molecular complexity index is 1190. The Labute approximate surface area is 139 Å². The molecule has 2 aromatic carbocycles. The molecular formula is C18H10IN3. The molecule has 22 heavy (non-hydrogen) atoms. The van der Waals surface area contributed by atoms with Gasteiger partial charge in [0.2, 0.25) is 0 Å². The summed E-state index contributed by atoms with van der Waals surface area (Å²) in [6.45, 7) is 0. The second kappa shape index (κ2) is 4.39. The number of rotatable bonds is 0. The van der Waals surface area contributed by atoms with Gasteiger partial charge < -0.3 is 0 Å². The van der Waals surface area contributed by atoms with Crippen LogP contribution in [0.25, 0.3) is 38.5 Å². The molecule has 0 N–H and O–H groups in total. The van der Waals surface area contributed by atoms with E-state index < -0.39 is 0 Å². The van der Waals surface area contributed by atoms with Crippen molar-refractivity contribution in [1.29, 1.82) is 0 Å². The van der Waals surface area contributed by atoms with Crippen LogP contribution in [-0.4, -0.2) is 14.4 Å². The van der Waals surface area contributed by atoms with Crippen molar-refractivity contribution in [2.24, 2.45) is 0 Å². The second-order valence-electron chi connectivity index (χ2n) is 5.33. The standard InChI is InChI=1S/C18H10IN3/c19-11-9-13-17(20-10-11)12-5-1-3-7-15(12)22-16-8-4-2-6-14(16)21-18(13)22/h1-10H. The lowest BCUT2D eigenvalue weighted by molar-refractivity contribution is 1.30. The first-order valence-corrected chi connectivity index (χ1v) is 8.14. The van der Waals surface area contributed by atoms with E-state index in [2.05, 4.69) is 80.5 Å². The summed E-state index contributed by atoms with van der Waals surface area (Å²) in [5.41, 5.74) is 5.28. The summed E-state index contributed by atoms with van der Waals surface area (Å²) >= 11 is 2.30. The third-order valence-corrected chi connectivity index (χ3v) is 4.65. The highest BCUT2D eigenvalue weighted by Gasteiger charge is 2.13. The molecule has 0 unspecified atom stereocenters. The largest absolute Gasteiger partial charge is 0.292 e. The molecule has 5 rings (SSSR count). The zero-order chi connectivity index (χ0) is 14.7. The molecule has 0 saturated heterocycles. The summed E-state index contributed by atoms with van der Waals surface area (Å²) in [6.07, 6.45) is 1.91. The van der Waals surface area contributed by atoms with Crippen LogP contribution in [-0.2, 0) is 0 Å². The Kier molecular flexibility index (Phi) is 2.47. The lowest BCUT2D eigenvalue weighted by Crippen LogP contribution is -1.93. The maximum Gasteiger partial charge on any atom is 0.147 e. The van der Waals surface area contributed by atoms with E-state index in [-0.39, 0.29) is 0 Å². The van der Waals surface area contributed by atoms with E-state index >= 15 is 0 Å². The van der Waals surface area contributed by atoms with Gasteiger partial charge in [-0.15, -0.1) is 0 Å². The molecule has 0 aliphatic carbocycles. The first kappa shape index (κ1) is 12.3. The molecular weight excluding hydrogens is 385 g/mol. The Hall–Kier alpha value is -2.21. The van der Waals surface area contributed by atoms with Gasteiger partial charge >= 0.3 is 0 Å². The van der Waals surface area contributed by atoms with Gasteiger partial charge in [-0.3, -0.25) is 9.38 Å². The maximum absolute atomic E-state index is 4.85. The molecule has 0 atom stereocenters. The van der Waals surface area contributed by atoms with Gasteiger partial charge in [-0.2, -0.15) is 0 Å². The van der Waals surface area contributed by atoms with Crippen molar-refractivity contribution in [2.45, 2.75) is 0 Å². The highest BCUT2D eigenvalue weighted by Crippen LogP contribution is 2.31. The van der Waals surface area contributed by atoms with Gasteiger partial charge in [-0.25, -0.2) is 4.98 Å². The normalized spacial score (nSPS) is 11.9. The minimum absolute atomic E-state index is 0.973. The van der Waals surface area contributed by atoms with E-state index in [1.165, 1.54) is 0 Å². The fraction of sp³-hybridized carbons (Fsp3) is 0. The van der Waals surface area contributed by atoms with Gasteiger partial charge in [0.15, 0.2) is 0 Å². The monoisotopic (exact) mass is 395 g/mol. The summed E-state index contributed by atoms with van der Waals surface area (Å²) in [5.74, 6) is 0. The Morgan fingerprint density at radius 1 is 0.864 bits per heavy atom. The average molecular weight is 395 g/mol. The van der Waals surface area contributed by atoms with Crippen LogP contribution < -0.4 is 0 Å². The number of hydrogen-bond acceptors (Lipinski definition) is 2. The summed E-state index contributed by atoms with van der Waals surface area (Å²) in [5, 5.41) is 2.26. The first-order valence-electron chi connectivity index (χ1n) is 7.06. The summed E-state index contributed by atoms with van der Waals surface area (Å²) < 4.78 is 3.36. The molecule has 0 fully saturated rings. The smallest absolute Gasteiger partial charge is 0.147 e. The summed E-state index contributed by atoms with van der Waals surface area (Å²) in [6, 6.07) is 18.8. The molecule has 4 heteroatoms. The molecule has 3 nitrogen and oxygen atoms in total. The maximum atomic E-state index is 4.85. The van der Waals surface area contributed by atoms with Crippen molar-refractivity contribution in [3.8, 4) is 0 Å². The Morgan fingerprint density at radius 3 is 2.55 bits per heavy atom. The topological polar surface area (TPSA) is 30.2 Å². The molecule has 0 aliphatic rings. The summed E-state index contributed by atoms with van der Waals surface area (Å²) in [4.78, 5) is 9.52. The van der Waals surface area contributed by atoms with E-state index in [0.29, 0.717) is 0 Å². The number of imidazole rings is 1. The summed E-state index contributed by atoms with van der Waals surface area (Å²) in [7, 11) is 0. The van der Waals surface area contributed by atoms with Crippen LogP contribution in [0.3, 0.4) is 0 Å². The van der Waals surface area contributed by atoms with Gasteiger partial charge in [0.25, 0.3) is 0 Å². The average Bonchev–Trinajstić information content (AvgIpc) is 2.95. The molecule has 0 saturated carbocycles. The SMILES string of the molecule is Ic1cnc2c3ccccc3n3c4ccccc4nc3c2c1. The van der Waals surface area contributed by atoms with Crippen molar-refractivity contribution >= 4 is 61.1 Å². The van der Waals surface area contributed by atoms with Gasteiger partial charge in [-0.05, 0) is 46.9 Å². The minimum Gasteiger partial charge on any atom is -0.292 e. The highest BCUT2D eigenvalue weighted by molar-refractivity contribution is 14.1. The lowest BCUT2D eigenvalue weighted by Gasteiger charge is -2.08. The molecule has 3 aromatic heterocycles. The van der Waals surface area contributed by atoms with Gasteiger partial charge in [-0.1, -0.05) is 30.3 Å². The number of nitrogens with zero attached hydrogens (tertiary/aromatic N) is 3. The number of hydrogen-bond donors (Lipinski definition) is 0. The number of para-hydroxylation sites is 3. The van der Waals surface area contributed by atoms with Gasteiger partial charge in [0.1, 0.15) is 5.65 Å². The number of aromatic nitrogens is 3. The van der Waals surface area contributed by atoms with Crippen molar-refractivity contribution in [2.75, 3.05) is 0 Å². The Morgan fingerprint density at radius 2 is 1.64 bits per heavy atom. The third kappa shape index (κ3) is 1.56. The molecule has 5 aromatic rings. The molecule has 0 spiro atoms. The molecule has 0 aliphatic heterocycles. The fourth-order valence-electron chi connectivity index (χ4n) is 3.14. The first-order chi connectivity index (χ1) is 10.8. The highest BCUT2D eigenvalue weighted by atomic mass is 127. The van der Waals surface area contributed by atoms with Crippen molar-refractivity contribution < 1.29 is 0 Å². The minimum atomic E-state index is 0.973. The van der Waals surface area contributed by atoms with Crippen molar-refractivity contribution in [3.05, 3.63) is 64.4 Å². The van der Waals surface area contributed by atoms with Crippen LogP contribution in [0.1, 0.15) is 0 Å². The van der Waals surface area contributed by atoms with Crippen LogP contribution >= 0.6 is 22.6 Å². The number of pyridine rings is 2. The van der Waals surface area contributed by atoms with E-state index in [0.717, 1.165) is 42.1 Å². The number of halogens is 1. The van der Waals surface area contributed by atoms with Crippen LogP contribution in [0.5, 0.6) is 0 Å². The van der Waals surface area contributed by atoms with Crippen molar-refractivity contribution in [3.63, 3.8) is 0 Å². The van der Waals surface area contributed by atoms with Crippen LogP contribution in [0, 0.1) is 3.57 Å². The van der Waals surface area contributed by atoms with Crippen molar-refractivity contribution in [1.82, 2.24) is 14.4 Å². The van der Waals surface area contributed by atoms with Gasteiger partial charge in [0, 0.05) is 20.5 Å². The predicted molar refractivity (Wildman–Crippen MR) is 98.2 cm³/mol. The number of benzene rings is 2. The van der Waals surface area contributed by atoms with E-state index in [9.17, 15) is 0 Å². The van der Waals surface area contributed by atoms with E-state index in [1.54, 1.807) is 0 Å². The van der Waals surface area contributed by atoms with Gasteiger partial charge in [0.05, 0.1) is 22.1 Å². The molecule has 0 bridgehead atoms. The van der Waals surface area contributed by atoms with E-state index in [4.69, 9.17) is 4.98 Å². The van der Waals surface area contributed by atoms with E-state index in [1.807, 2.05) is 12.3 Å². The zero-order valence-electron chi connectivity index (χ0n) is 11.5. The van der Waals surface area contributed by atoms with Crippen LogP contribution in [0.2, 0.25) is 0 Å². The molecule has 104 valence electrons.